The third kappa shape index (κ3) is 4.40. The molecule has 0 bridgehead atoms. The number of hydrogen-bond donors (Lipinski definition) is 2. The van der Waals surface area contributed by atoms with Gasteiger partial charge in [-0.25, -0.2) is 4.39 Å². The van der Waals surface area contributed by atoms with Crippen LogP contribution in [-0.4, -0.2) is 18.4 Å². The lowest BCUT2D eigenvalue weighted by Crippen LogP contribution is -2.40. The van der Waals surface area contributed by atoms with E-state index in [0.29, 0.717) is 6.54 Å². The molecular weight excluding hydrogens is 390 g/mol. The molecule has 2 fully saturated rings. The van der Waals surface area contributed by atoms with Crippen molar-refractivity contribution in [2.75, 3.05) is 6.54 Å². The van der Waals surface area contributed by atoms with Gasteiger partial charge in [-0.15, -0.1) is 0 Å². The predicted octanol–water partition coefficient (Wildman–Crippen LogP) is 4.64. The number of carbonyl (C=O) groups excluding carboxylic acids is 2. The summed E-state index contributed by atoms with van der Waals surface area (Å²) in [5.41, 5.74) is 0.00769. The minimum absolute atomic E-state index is 0.106. The Morgan fingerprint density at radius 3 is 2.59 bits per heavy atom. The van der Waals surface area contributed by atoms with E-state index in [0.717, 1.165) is 32.1 Å². The molecule has 2 aliphatic carbocycles. The van der Waals surface area contributed by atoms with E-state index >= 15 is 0 Å². The Morgan fingerprint density at radius 1 is 1.30 bits per heavy atom. The van der Waals surface area contributed by atoms with Crippen LogP contribution in [0.1, 0.15) is 57.6 Å². The second kappa shape index (κ2) is 7.96. The van der Waals surface area contributed by atoms with Crippen LogP contribution in [0.2, 0.25) is 10.0 Å². The fourth-order valence-corrected chi connectivity index (χ4v) is 4.62. The zero-order valence-electron chi connectivity index (χ0n) is 15.6. The summed E-state index contributed by atoms with van der Waals surface area (Å²) in [7, 11) is 0. The standard InChI is InChI=1S/C20H25Cl2FN2O2/c1-11(26)24-10-12-9-13(12)19(27)25-18(20(2)7-3-4-8-20)16-15(23)6-5-14(21)17(16)22/h5-6,12-13,18H,3-4,7-10H2,1-2H3,(H,24,26)(H,25,27)/t12-,13+,18+/m0/s1. The van der Waals surface area contributed by atoms with Gasteiger partial charge in [0.1, 0.15) is 5.82 Å². The number of carbonyl (C=O) groups is 2. The quantitative estimate of drug-likeness (QED) is 0.665. The van der Waals surface area contributed by atoms with Crippen LogP contribution >= 0.6 is 23.2 Å². The zero-order valence-corrected chi connectivity index (χ0v) is 17.1. The molecule has 0 heterocycles. The summed E-state index contributed by atoms with van der Waals surface area (Å²) < 4.78 is 14.7. The summed E-state index contributed by atoms with van der Waals surface area (Å²) >= 11 is 12.5. The molecule has 0 aliphatic heterocycles. The summed E-state index contributed by atoms with van der Waals surface area (Å²) in [6.45, 7) is 4.02. The van der Waals surface area contributed by atoms with Crippen molar-refractivity contribution in [1.29, 1.82) is 0 Å². The van der Waals surface area contributed by atoms with E-state index in [2.05, 4.69) is 17.6 Å². The molecule has 148 valence electrons. The average molecular weight is 415 g/mol. The van der Waals surface area contributed by atoms with E-state index in [9.17, 15) is 14.0 Å². The molecule has 0 radical (unpaired) electrons. The fourth-order valence-electron chi connectivity index (χ4n) is 4.19. The van der Waals surface area contributed by atoms with Crippen molar-refractivity contribution in [1.82, 2.24) is 10.6 Å². The van der Waals surface area contributed by atoms with E-state index in [1.165, 1.54) is 19.1 Å². The molecule has 2 saturated carbocycles. The van der Waals surface area contributed by atoms with Crippen molar-refractivity contribution in [3.63, 3.8) is 0 Å². The maximum absolute atomic E-state index is 14.7. The Morgan fingerprint density at radius 2 is 1.96 bits per heavy atom. The van der Waals surface area contributed by atoms with Crippen molar-refractivity contribution in [2.24, 2.45) is 17.3 Å². The first-order valence-corrected chi connectivity index (χ1v) is 10.2. The van der Waals surface area contributed by atoms with Crippen LogP contribution in [0, 0.1) is 23.1 Å². The molecule has 0 unspecified atom stereocenters. The van der Waals surface area contributed by atoms with E-state index in [4.69, 9.17) is 23.2 Å². The summed E-state index contributed by atoms with van der Waals surface area (Å²) in [4.78, 5) is 23.9. The highest BCUT2D eigenvalue weighted by Crippen LogP contribution is 2.50. The molecule has 7 heteroatoms. The second-order valence-corrected chi connectivity index (χ2v) is 8.88. The molecule has 0 aromatic heterocycles. The summed E-state index contributed by atoms with van der Waals surface area (Å²) in [5, 5.41) is 6.27. The van der Waals surface area contributed by atoms with Crippen LogP contribution < -0.4 is 10.6 Å². The van der Waals surface area contributed by atoms with Crippen LogP contribution in [0.4, 0.5) is 4.39 Å². The average Bonchev–Trinajstić information content (AvgIpc) is 3.27. The Balaban J connectivity index is 1.82. The van der Waals surface area contributed by atoms with Crippen LogP contribution in [0.25, 0.3) is 0 Å². The Labute approximate surface area is 169 Å². The first kappa shape index (κ1) is 20.4. The largest absolute Gasteiger partial charge is 0.356 e. The van der Waals surface area contributed by atoms with E-state index in [1.54, 1.807) is 0 Å². The molecule has 1 aromatic carbocycles. The maximum Gasteiger partial charge on any atom is 0.223 e. The van der Waals surface area contributed by atoms with Gasteiger partial charge < -0.3 is 10.6 Å². The number of amides is 2. The molecule has 27 heavy (non-hydrogen) atoms. The lowest BCUT2D eigenvalue weighted by Gasteiger charge is -2.36. The Kier molecular flexibility index (Phi) is 6.02. The van der Waals surface area contributed by atoms with Gasteiger partial charge in [0.15, 0.2) is 0 Å². The highest BCUT2D eigenvalue weighted by atomic mass is 35.5. The number of hydrogen-bond acceptors (Lipinski definition) is 2. The van der Waals surface area contributed by atoms with Gasteiger partial charge in [0.2, 0.25) is 11.8 Å². The fraction of sp³-hybridized carbons (Fsp3) is 0.600. The van der Waals surface area contributed by atoms with Crippen molar-refractivity contribution in [3.8, 4) is 0 Å². The molecule has 2 aliphatic rings. The number of rotatable bonds is 6. The lowest BCUT2D eigenvalue weighted by atomic mass is 9.77. The van der Waals surface area contributed by atoms with Crippen molar-refractivity contribution < 1.29 is 14.0 Å². The number of benzene rings is 1. The van der Waals surface area contributed by atoms with Crippen LogP contribution in [0.5, 0.6) is 0 Å². The normalized spacial score (nSPS) is 24.3. The molecule has 2 N–H and O–H groups in total. The van der Waals surface area contributed by atoms with Crippen molar-refractivity contribution in [2.45, 2.75) is 52.0 Å². The summed E-state index contributed by atoms with van der Waals surface area (Å²) in [6.07, 6.45) is 4.58. The highest BCUT2D eigenvalue weighted by Gasteiger charge is 2.47. The first-order valence-electron chi connectivity index (χ1n) is 9.41. The van der Waals surface area contributed by atoms with Gasteiger partial charge in [-0.05, 0) is 42.7 Å². The van der Waals surface area contributed by atoms with Crippen molar-refractivity contribution in [3.05, 3.63) is 33.6 Å². The van der Waals surface area contributed by atoms with Crippen LogP contribution in [0.15, 0.2) is 12.1 Å². The number of halogens is 3. The van der Waals surface area contributed by atoms with Gasteiger partial charge in [0.05, 0.1) is 16.1 Å². The third-order valence-corrected chi connectivity index (χ3v) is 6.79. The zero-order chi connectivity index (χ0) is 19.8. The topological polar surface area (TPSA) is 58.2 Å². The molecule has 0 spiro atoms. The molecule has 0 saturated heterocycles. The predicted molar refractivity (Wildman–Crippen MR) is 104 cm³/mol. The van der Waals surface area contributed by atoms with E-state index in [1.807, 2.05) is 0 Å². The molecule has 3 atom stereocenters. The summed E-state index contributed by atoms with van der Waals surface area (Å²) in [5.74, 6) is -0.700. The monoisotopic (exact) mass is 414 g/mol. The molecular formula is C20H25Cl2FN2O2. The van der Waals surface area contributed by atoms with Gasteiger partial charge in [-0.2, -0.15) is 0 Å². The minimum atomic E-state index is -0.527. The van der Waals surface area contributed by atoms with Gasteiger partial charge >= 0.3 is 0 Å². The molecule has 1 aromatic rings. The van der Waals surface area contributed by atoms with Crippen molar-refractivity contribution >= 4 is 35.0 Å². The molecule has 2 amide bonds. The summed E-state index contributed by atoms with van der Waals surface area (Å²) in [6, 6.07) is 2.21. The molecule has 3 rings (SSSR count). The van der Waals surface area contributed by atoms with Gasteiger partial charge in [0, 0.05) is 24.9 Å². The minimum Gasteiger partial charge on any atom is -0.356 e. The van der Waals surface area contributed by atoms with Crippen LogP contribution in [-0.2, 0) is 9.59 Å². The Bertz CT molecular complexity index is 750. The van der Waals surface area contributed by atoms with Crippen LogP contribution in [0.3, 0.4) is 0 Å². The van der Waals surface area contributed by atoms with Gasteiger partial charge in [0.25, 0.3) is 0 Å². The first-order chi connectivity index (χ1) is 12.7. The van der Waals surface area contributed by atoms with E-state index in [-0.39, 0.29) is 44.7 Å². The Hall–Kier alpha value is -1.33. The number of nitrogens with one attached hydrogen (secondary N) is 2. The highest BCUT2D eigenvalue weighted by molar-refractivity contribution is 6.42. The maximum atomic E-state index is 14.7. The molecule has 4 nitrogen and oxygen atoms in total. The smallest absolute Gasteiger partial charge is 0.223 e. The second-order valence-electron chi connectivity index (χ2n) is 8.10. The van der Waals surface area contributed by atoms with Gasteiger partial charge in [-0.1, -0.05) is 43.0 Å². The SMILES string of the molecule is CC(=O)NC[C@@H]1C[C@H]1C(=O)N[C@H](c1c(F)ccc(Cl)c1Cl)C1(C)CCCC1. The lowest BCUT2D eigenvalue weighted by molar-refractivity contribution is -0.124. The van der Waals surface area contributed by atoms with Gasteiger partial charge in [-0.3, -0.25) is 9.59 Å². The van der Waals surface area contributed by atoms with E-state index < -0.39 is 11.9 Å². The third-order valence-electron chi connectivity index (χ3n) is 5.97.